The topological polar surface area (TPSA) is 172 Å². The summed E-state index contributed by atoms with van der Waals surface area (Å²) >= 11 is 1.34. The number of H-pyrrole nitrogens is 1. The first-order chi connectivity index (χ1) is 20.1. The van der Waals surface area contributed by atoms with Crippen molar-refractivity contribution in [3.8, 4) is 5.75 Å². The van der Waals surface area contributed by atoms with E-state index in [-0.39, 0.29) is 34.9 Å². The lowest BCUT2D eigenvalue weighted by molar-refractivity contribution is -0.150. The predicted octanol–water partition coefficient (Wildman–Crippen LogP) is 2.66. The third-order valence-electron chi connectivity index (χ3n) is 5.97. The zero-order valence-corrected chi connectivity index (χ0v) is 23.9. The van der Waals surface area contributed by atoms with Gasteiger partial charge >= 0.3 is 11.9 Å². The lowest BCUT2D eigenvalue weighted by atomic mass is 10.0. The molecule has 1 amide bonds. The Balaban J connectivity index is 1.78. The minimum Gasteiger partial charge on any atom is -0.482 e. The lowest BCUT2D eigenvalue weighted by Gasteiger charge is -2.28. The van der Waals surface area contributed by atoms with Crippen LogP contribution in [0.4, 0.5) is 0 Å². The molecule has 0 bridgehead atoms. The van der Waals surface area contributed by atoms with Crippen molar-refractivity contribution >= 4 is 50.1 Å². The normalized spacial score (nSPS) is 12.0. The fourth-order valence-corrected chi connectivity index (χ4v) is 6.03. The summed E-state index contributed by atoms with van der Waals surface area (Å²) in [4.78, 5) is 53.8. The summed E-state index contributed by atoms with van der Waals surface area (Å²) in [6, 6.07) is 14.6. The fourth-order valence-electron chi connectivity index (χ4n) is 4.11. The number of carbonyl (C=O) groups excluding carboxylic acids is 2. The van der Waals surface area contributed by atoms with Crippen molar-refractivity contribution in [1.29, 1.82) is 0 Å². The van der Waals surface area contributed by atoms with Crippen LogP contribution in [0.3, 0.4) is 0 Å². The van der Waals surface area contributed by atoms with Gasteiger partial charge < -0.3 is 24.5 Å². The molecule has 0 spiro atoms. The zero-order chi connectivity index (χ0) is 30.3. The Hall–Kier alpha value is -4.53. The van der Waals surface area contributed by atoms with E-state index in [1.54, 1.807) is 36.6 Å². The molecule has 2 aromatic carbocycles. The summed E-state index contributed by atoms with van der Waals surface area (Å²) in [7, 11) is -4.41. The second kappa shape index (κ2) is 13.4. The van der Waals surface area contributed by atoms with Gasteiger partial charge in [-0.25, -0.2) is 13.2 Å². The third kappa shape index (κ3) is 7.60. The van der Waals surface area contributed by atoms with E-state index in [9.17, 15) is 27.6 Å². The van der Waals surface area contributed by atoms with E-state index in [0.29, 0.717) is 10.9 Å². The second-order valence-corrected chi connectivity index (χ2v) is 11.7. The molecule has 0 saturated heterocycles. The lowest BCUT2D eigenvalue weighted by Crippen LogP contribution is -2.45. The Labute approximate surface area is 244 Å². The Kier molecular flexibility index (Phi) is 9.72. The highest BCUT2D eigenvalue weighted by Gasteiger charge is 2.34. The molecule has 1 atom stereocenters. The number of sulfonamides is 1. The van der Waals surface area contributed by atoms with Crippen LogP contribution in [0.15, 0.2) is 81.8 Å². The molecule has 14 heteroatoms. The van der Waals surface area contributed by atoms with E-state index in [1.165, 1.54) is 53.8 Å². The van der Waals surface area contributed by atoms with Crippen LogP contribution in [0.2, 0.25) is 0 Å². The number of carboxylic acid groups (broad SMARTS) is 1. The molecule has 42 heavy (non-hydrogen) atoms. The Morgan fingerprint density at radius 1 is 1.07 bits per heavy atom. The molecule has 0 saturated carbocycles. The van der Waals surface area contributed by atoms with Crippen LogP contribution >= 0.6 is 11.3 Å². The number of esters is 1. The molecule has 220 valence electrons. The molecule has 2 aromatic heterocycles. The van der Waals surface area contributed by atoms with Gasteiger partial charge in [-0.05, 0) is 54.1 Å². The number of nitrogens with one attached hydrogen (secondary N) is 2. The summed E-state index contributed by atoms with van der Waals surface area (Å²) in [5.41, 5.74) is 0.0998. The summed E-state index contributed by atoms with van der Waals surface area (Å²) in [5, 5.41) is 11.4. The summed E-state index contributed by atoms with van der Waals surface area (Å²) in [6.45, 7) is 0.471. The molecule has 0 aliphatic heterocycles. The summed E-state index contributed by atoms with van der Waals surface area (Å²) < 4.78 is 40.3. The number of hydrogen-bond acceptors (Lipinski definition) is 9. The van der Waals surface area contributed by atoms with Gasteiger partial charge in [0.25, 0.3) is 0 Å². The molecule has 0 unspecified atom stereocenters. The maximum Gasteiger partial charge on any atom is 0.341 e. The quantitative estimate of drug-likeness (QED) is 0.192. The fraction of sp³-hybridized carbons (Fsp3) is 0.214. The Morgan fingerprint density at radius 3 is 2.57 bits per heavy atom. The highest BCUT2D eigenvalue weighted by atomic mass is 32.2. The first kappa shape index (κ1) is 30.4. The first-order valence-corrected chi connectivity index (χ1v) is 15.0. The van der Waals surface area contributed by atoms with E-state index >= 15 is 0 Å². The molecule has 12 nitrogen and oxygen atoms in total. The van der Waals surface area contributed by atoms with Gasteiger partial charge in [0, 0.05) is 22.0 Å². The highest BCUT2D eigenvalue weighted by Crippen LogP contribution is 2.30. The van der Waals surface area contributed by atoms with E-state index < -0.39 is 47.1 Å². The minimum absolute atomic E-state index is 0.0188. The average molecular weight is 614 g/mol. The van der Waals surface area contributed by atoms with Gasteiger partial charge in [0.05, 0.1) is 18.0 Å². The predicted molar refractivity (Wildman–Crippen MR) is 154 cm³/mol. The average Bonchev–Trinajstić information content (AvgIpc) is 3.47. The van der Waals surface area contributed by atoms with Crippen LogP contribution in [-0.2, 0) is 35.7 Å². The molecule has 0 fully saturated rings. The molecule has 0 aliphatic carbocycles. The first-order valence-electron chi connectivity index (χ1n) is 12.6. The van der Waals surface area contributed by atoms with Crippen molar-refractivity contribution in [2.45, 2.75) is 24.4 Å². The van der Waals surface area contributed by atoms with E-state index in [0.717, 1.165) is 9.78 Å². The largest absolute Gasteiger partial charge is 0.482 e. The summed E-state index contributed by atoms with van der Waals surface area (Å²) in [5.74, 6) is -2.80. The minimum atomic E-state index is -4.41. The monoisotopic (exact) mass is 613 g/mol. The maximum absolute atomic E-state index is 14.1. The number of aromatic amines is 1. The van der Waals surface area contributed by atoms with E-state index in [1.807, 2.05) is 0 Å². The van der Waals surface area contributed by atoms with Crippen LogP contribution in [0.1, 0.15) is 23.4 Å². The van der Waals surface area contributed by atoms with Crippen LogP contribution in [0.5, 0.6) is 5.75 Å². The molecule has 4 rings (SSSR count). The molecule has 3 N–H and O–H groups in total. The number of ether oxygens (including phenoxy) is 2. The van der Waals surface area contributed by atoms with Crippen molar-refractivity contribution in [2.24, 2.45) is 0 Å². The number of carboxylic acids is 1. The number of carbonyl (C=O) groups is 3. The van der Waals surface area contributed by atoms with Crippen molar-refractivity contribution in [3.05, 3.63) is 92.9 Å². The molecular formula is C28H27N3O9S2. The smallest absolute Gasteiger partial charge is 0.341 e. The van der Waals surface area contributed by atoms with Crippen LogP contribution in [0.25, 0.3) is 10.9 Å². The van der Waals surface area contributed by atoms with Gasteiger partial charge in [-0.1, -0.05) is 24.3 Å². The van der Waals surface area contributed by atoms with Gasteiger partial charge in [-0.2, -0.15) is 4.72 Å². The number of thiophene rings is 1. The van der Waals surface area contributed by atoms with Gasteiger partial charge in [0.15, 0.2) is 6.61 Å². The number of fused-ring (bicyclic) bond motifs is 1. The number of benzene rings is 2. The van der Waals surface area contributed by atoms with Crippen molar-refractivity contribution in [3.63, 3.8) is 0 Å². The van der Waals surface area contributed by atoms with Crippen LogP contribution in [-0.4, -0.2) is 61.0 Å². The SMILES string of the molecule is CCOC(=O)CN(Cc1cccs1)C(=O)[C@H](NS(=O)(=O)c1ccc2[nH]c(=O)ccc2c1)c1ccccc1OCC(=O)O. The molecule has 4 aromatic rings. The van der Waals surface area contributed by atoms with Crippen LogP contribution < -0.4 is 15.0 Å². The number of hydrogen-bond donors (Lipinski definition) is 3. The standard InChI is InChI=1S/C28H27N3O9S2/c1-2-39-26(35)16-31(15-19-6-5-13-41-19)28(36)27(21-7-3-4-8-23(21)40-17-25(33)34)30-42(37,38)20-10-11-22-18(14-20)9-12-24(32)29-22/h3-14,27,30H,2,15-17H2,1H3,(H,29,32)(H,33,34)/t27-/m1/s1. The number of aliphatic carboxylic acids is 1. The number of rotatable bonds is 13. The van der Waals surface area contributed by atoms with Crippen molar-refractivity contribution in [1.82, 2.24) is 14.6 Å². The zero-order valence-electron chi connectivity index (χ0n) is 22.3. The number of aromatic nitrogens is 1. The highest BCUT2D eigenvalue weighted by molar-refractivity contribution is 7.89. The number of para-hydroxylation sites is 1. The van der Waals surface area contributed by atoms with Gasteiger partial charge in [0.1, 0.15) is 18.3 Å². The number of pyridine rings is 1. The molecule has 0 aliphatic rings. The van der Waals surface area contributed by atoms with Crippen molar-refractivity contribution < 1.29 is 37.4 Å². The number of nitrogens with zero attached hydrogens (tertiary/aromatic N) is 1. The maximum atomic E-state index is 14.1. The van der Waals surface area contributed by atoms with Crippen molar-refractivity contribution in [2.75, 3.05) is 19.8 Å². The molecule has 2 heterocycles. The summed E-state index contributed by atoms with van der Waals surface area (Å²) in [6.07, 6.45) is 0. The van der Waals surface area contributed by atoms with Gasteiger partial charge in [0.2, 0.25) is 21.5 Å². The number of amides is 1. The Bertz CT molecular complexity index is 1750. The van der Waals surface area contributed by atoms with E-state index in [2.05, 4.69) is 9.71 Å². The van der Waals surface area contributed by atoms with Gasteiger partial charge in [-0.15, -0.1) is 11.3 Å². The van der Waals surface area contributed by atoms with Crippen LogP contribution in [0, 0.1) is 0 Å². The Morgan fingerprint density at radius 2 is 1.86 bits per heavy atom. The molecular weight excluding hydrogens is 586 g/mol. The second-order valence-electron chi connectivity index (χ2n) is 8.92. The van der Waals surface area contributed by atoms with Gasteiger partial charge in [-0.3, -0.25) is 14.4 Å². The third-order valence-corrected chi connectivity index (χ3v) is 8.25. The molecule has 0 radical (unpaired) electrons. The van der Waals surface area contributed by atoms with E-state index in [4.69, 9.17) is 14.6 Å².